The van der Waals surface area contributed by atoms with E-state index in [1.165, 1.54) is 6.92 Å². The lowest BCUT2D eigenvalue weighted by molar-refractivity contribution is -0.169. The van der Waals surface area contributed by atoms with Gasteiger partial charge in [0.1, 0.15) is 6.54 Å². The molecule has 96 valence electrons. The molecule has 1 heterocycles. The van der Waals surface area contributed by atoms with Gasteiger partial charge in [-0.3, -0.25) is 19.3 Å². The molecule has 1 rings (SSSR count). The minimum atomic E-state index is -2.40. The molecule has 0 aliphatic carbocycles. The van der Waals surface area contributed by atoms with Crippen LogP contribution in [0.15, 0.2) is 0 Å². The van der Waals surface area contributed by atoms with E-state index in [9.17, 15) is 24.6 Å². The first kappa shape index (κ1) is 13.4. The Morgan fingerprint density at radius 2 is 2.12 bits per heavy atom. The number of hydrogen-bond donors (Lipinski definition) is 5. The lowest BCUT2D eigenvalue weighted by Crippen LogP contribution is -2.67. The summed E-state index contributed by atoms with van der Waals surface area (Å²) in [6, 6.07) is -1.43. The Balaban J connectivity index is 3.07. The largest absolute Gasteiger partial charge is 0.480 e. The summed E-state index contributed by atoms with van der Waals surface area (Å²) < 4.78 is 0. The summed E-state index contributed by atoms with van der Waals surface area (Å²) >= 11 is 0. The monoisotopic (exact) mass is 247 g/mol. The van der Waals surface area contributed by atoms with Crippen molar-refractivity contribution in [3.8, 4) is 0 Å². The third-order valence-electron chi connectivity index (χ3n) is 2.43. The van der Waals surface area contributed by atoms with Crippen molar-refractivity contribution in [2.24, 2.45) is 5.73 Å². The molecule has 0 radical (unpaired) electrons. The number of aliphatic carboxylic acids is 1. The number of nitrogens with one attached hydrogen (secondary N) is 1. The number of amides is 2. The average molecular weight is 247 g/mol. The lowest BCUT2D eigenvalue weighted by atomic mass is 10.1. The minimum absolute atomic E-state index is 0.370. The van der Waals surface area contributed by atoms with Gasteiger partial charge in [0, 0.05) is 0 Å². The zero-order valence-corrected chi connectivity index (χ0v) is 8.95. The second kappa shape index (κ2) is 4.28. The first-order valence-electron chi connectivity index (χ1n) is 4.72. The van der Waals surface area contributed by atoms with Crippen molar-refractivity contribution in [3.63, 3.8) is 0 Å². The molecule has 0 aromatic carbocycles. The molecular weight excluding hydrogens is 234 g/mol. The van der Waals surface area contributed by atoms with E-state index in [0.29, 0.717) is 4.90 Å². The normalized spacial score (nSPS) is 27.9. The third kappa shape index (κ3) is 2.20. The topological polar surface area (TPSA) is 153 Å². The summed E-state index contributed by atoms with van der Waals surface area (Å²) in [5.74, 6) is -6.22. The fraction of sp³-hybridized carbons (Fsp3) is 0.625. The molecule has 0 aromatic heterocycles. The molecule has 17 heavy (non-hydrogen) atoms. The Morgan fingerprint density at radius 1 is 1.59 bits per heavy atom. The van der Waals surface area contributed by atoms with E-state index >= 15 is 0 Å². The van der Waals surface area contributed by atoms with Crippen LogP contribution in [0, 0.1) is 0 Å². The molecule has 1 fully saturated rings. The van der Waals surface area contributed by atoms with Crippen molar-refractivity contribution in [3.05, 3.63) is 0 Å². The Hall–Kier alpha value is -1.71. The molecule has 3 atom stereocenters. The van der Waals surface area contributed by atoms with E-state index < -0.39 is 42.3 Å². The second-order valence-corrected chi connectivity index (χ2v) is 3.73. The van der Waals surface area contributed by atoms with Crippen molar-refractivity contribution in [1.29, 1.82) is 0 Å². The van der Waals surface area contributed by atoms with E-state index in [-0.39, 0.29) is 0 Å². The van der Waals surface area contributed by atoms with Crippen molar-refractivity contribution in [2.75, 3.05) is 6.54 Å². The van der Waals surface area contributed by atoms with Gasteiger partial charge in [0.25, 0.3) is 0 Å². The van der Waals surface area contributed by atoms with Crippen LogP contribution < -0.4 is 11.1 Å². The predicted octanol–water partition coefficient (Wildman–Crippen LogP) is -3.62. The van der Waals surface area contributed by atoms with Crippen LogP contribution in [0.25, 0.3) is 0 Å². The van der Waals surface area contributed by atoms with Gasteiger partial charge in [-0.1, -0.05) is 0 Å². The lowest BCUT2D eigenvalue weighted by Gasteiger charge is -2.37. The molecule has 0 aromatic rings. The molecule has 0 unspecified atom stereocenters. The van der Waals surface area contributed by atoms with E-state index in [2.05, 4.69) is 0 Å². The van der Waals surface area contributed by atoms with Crippen LogP contribution in [0.1, 0.15) is 6.92 Å². The highest BCUT2D eigenvalue weighted by Gasteiger charge is 2.54. The summed E-state index contributed by atoms with van der Waals surface area (Å²) in [6.07, 6.45) is -1.26. The molecule has 1 aliphatic rings. The number of aliphatic hydroxyl groups is 2. The maximum absolute atomic E-state index is 11.3. The van der Waals surface area contributed by atoms with Crippen LogP contribution in [-0.4, -0.2) is 62.5 Å². The highest BCUT2D eigenvalue weighted by Crippen LogP contribution is 2.20. The summed E-state index contributed by atoms with van der Waals surface area (Å²) in [6.45, 7) is 0.324. The summed E-state index contributed by atoms with van der Waals surface area (Å²) in [4.78, 5) is 33.4. The number of nitrogens with two attached hydrogens (primary N) is 1. The maximum atomic E-state index is 11.3. The predicted molar refractivity (Wildman–Crippen MR) is 52.1 cm³/mol. The van der Waals surface area contributed by atoms with Gasteiger partial charge in [-0.05, 0) is 6.92 Å². The molecule has 9 nitrogen and oxygen atoms in total. The second-order valence-electron chi connectivity index (χ2n) is 3.73. The van der Waals surface area contributed by atoms with Crippen molar-refractivity contribution in [1.82, 2.24) is 10.2 Å². The van der Waals surface area contributed by atoms with Crippen molar-refractivity contribution in [2.45, 2.75) is 24.9 Å². The number of nitrogens with zero attached hydrogens (tertiary/aromatic N) is 1. The summed E-state index contributed by atoms with van der Waals surface area (Å²) in [7, 11) is 0. The molecule has 0 bridgehead atoms. The molecular formula is C8H13N3O6. The third-order valence-corrected chi connectivity index (χ3v) is 2.43. The number of hydrogen-bond acceptors (Lipinski definition) is 6. The van der Waals surface area contributed by atoms with E-state index in [4.69, 9.17) is 10.8 Å². The standard InChI is InChI=1S/C8H13N3O6/c1-3(12)5(9)8(17)10-6(15)7(16)11(8)2-4(13)14/h3,5,12,17H,2,9H2,1H3,(H,10,15)(H,13,14)/t3-,5+,8-/m1/s1. The summed E-state index contributed by atoms with van der Waals surface area (Å²) in [5.41, 5.74) is 5.45. The molecule has 9 heteroatoms. The van der Waals surface area contributed by atoms with Gasteiger partial charge in [-0.25, -0.2) is 0 Å². The van der Waals surface area contributed by atoms with Crippen molar-refractivity contribution >= 4 is 17.8 Å². The number of carboxylic acid groups (broad SMARTS) is 1. The molecule has 6 N–H and O–H groups in total. The SMILES string of the molecule is C[C@@H](O)[C@H](N)[C@@]1(O)NC(=O)C(=O)N1CC(=O)O. The van der Waals surface area contributed by atoms with Crippen LogP contribution in [-0.2, 0) is 14.4 Å². The Kier molecular flexibility index (Phi) is 3.36. The maximum Gasteiger partial charge on any atom is 0.323 e. The van der Waals surface area contributed by atoms with Crippen LogP contribution in [0.2, 0.25) is 0 Å². The van der Waals surface area contributed by atoms with Gasteiger partial charge in [-0.2, -0.15) is 0 Å². The van der Waals surface area contributed by atoms with Crippen LogP contribution >= 0.6 is 0 Å². The number of carboxylic acids is 1. The highest BCUT2D eigenvalue weighted by molar-refractivity contribution is 6.37. The van der Waals surface area contributed by atoms with E-state index in [1.807, 2.05) is 5.32 Å². The van der Waals surface area contributed by atoms with Gasteiger partial charge in [0.2, 0.25) is 5.85 Å². The fourth-order valence-corrected chi connectivity index (χ4v) is 1.49. The Bertz CT molecular complexity index is 370. The highest BCUT2D eigenvalue weighted by atomic mass is 16.4. The van der Waals surface area contributed by atoms with Crippen LogP contribution in [0.5, 0.6) is 0 Å². The molecule has 0 spiro atoms. The van der Waals surface area contributed by atoms with Gasteiger partial charge >= 0.3 is 17.8 Å². The average Bonchev–Trinajstić information content (AvgIpc) is 2.41. The zero-order valence-electron chi connectivity index (χ0n) is 8.95. The van der Waals surface area contributed by atoms with Gasteiger partial charge < -0.3 is 26.4 Å². The number of rotatable bonds is 4. The molecule has 1 saturated heterocycles. The first-order chi connectivity index (χ1) is 7.70. The quantitative estimate of drug-likeness (QED) is 0.321. The van der Waals surface area contributed by atoms with Crippen molar-refractivity contribution < 1.29 is 29.7 Å². The Labute approximate surface area is 95.8 Å². The number of aliphatic hydroxyl groups excluding tert-OH is 1. The van der Waals surface area contributed by atoms with E-state index in [0.717, 1.165) is 0 Å². The van der Waals surface area contributed by atoms with Crippen LogP contribution in [0.4, 0.5) is 0 Å². The summed E-state index contributed by atoms with van der Waals surface area (Å²) in [5, 5.41) is 29.7. The number of carbonyl (C=O) groups is 3. The van der Waals surface area contributed by atoms with E-state index in [1.54, 1.807) is 0 Å². The van der Waals surface area contributed by atoms with Gasteiger partial charge in [-0.15, -0.1) is 0 Å². The zero-order chi connectivity index (χ0) is 13.4. The molecule has 0 saturated carbocycles. The smallest absolute Gasteiger partial charge is 0.323 e. The molecule has 2 amide bonds. The Morgan fingerprint density at radius 3 is 2.53 bits per heavy atom. The van der Waals surface area contributed by atoms with Gasteiger partial charge in [0.05, 0.1) is 12.1 Å². The fourth-order valence-electron chi connectivity index (χ4n) is 1.49. The van der Waals surface area contributed by atoms with Crippen LogP contribution in [0.3, 0.4) is 0 Å². The number of carbonyl (C=O) groups excluding carboxylic acids is 2. The molecule has 1 aliphatic heterocycles. The first-order valence-corrected chi connectivity index (χ1v) is 4.72. The van der Waals surface area contributed by atoms with Gasteiger partial charge in [0.15, 0.2) is 0 Å². The minimum Gasteiger partial charge on any atom is -0.480 e.